The number of esters is 1. The van der Waals surface area contributed by atoms with Gasteiger partial charge in [0.25, 0.3) is 0 Å². The van der Waals surface area contributed by atoms with E-state index < -0.39 is 0 Å². The van der Waals surface area contributed by atoms with Crippen LogP contribution < -0.4 is 4.74 Å². The van der Waals surface area contributed by atoms with Crippen LogP contribution in [0.1, 0.15) is 38.4 Å². The fourth-order valence-electron chi connectivity index (χ4n) is 3.84. The van der Waals surface area contributed by atoms with Gasteiger partial charge >= 0.3 is 5.97 Å². The van der Waals surface area contributed by atoms with E-state index in [1.165, 1.54) is 0 Å². The maximum absolute atomic E-state index is 11.9. The number of nitrogens with zero attached hydrogens (tertiary/aromatic N) is 1. The minimum atomic E-state index is -0.0537. The first-order valence-corrected chi connectivity index (χ1v) is 10.2. The topological polar surface area (TPSA) is 51.9 Å². The van der Waals surface area contributed by atoms with Gasteiger partial charge in [-0.2, -0.15) is 0 Å². The molecule has 0 saturated carbocycles. The lowest BCUT2D eigenvalue weighted by atomic mass is 9.97. The van der Waals surface area contributed by atoms with Gasteiger partial charge in [-0.1, -0.05) is 12.2 Å². The van der Waals surface area contributed by atoms with Crippen LogP contribution in [0.5, 0.6) is 5.75 Å². The molecule has 2 heterocycles. The Morgan fingerprint density at radius 3 is 2.86 bits per heavy atom. The molecule has 1 fully saturated rings. The zero-order valence-electron chi connectivity index (χ0n) is 16.4. The summed E-state index contributed by atoms with van der Waals surface area (Å²) in [6.07, 6.45) is 9.87. The predicted molar refractivity (Wildman–Crippen MR) is 108 cm³/mol. The number of allylic oxidation sites excluding steroid dienone is 4. The molecular weight excluding hydrogens is 354 g/mol. The number of furan rings is 1. The molecule has 2 aliphatic rings. The molecule has 0 spiro atoms. The molecule has 2 aromatic rings. The van der Waals surface area contributed by atoms with E-state index in [1.807, 2.05) is 37.3 Å². The lowest BCUT2D eigenvalue weighted by Gasteiger charge is -2.30. The fourth-order valence-corrected chi connectivity index (χ4v) is 3.84. The van der Waals surface area contributed by atoms with Gasteiger partial charge in [0.15, 0.2) is 0 Å². The van der Waals surface area contributed by atoms with Crippen LogP contribution in [0.2, 0.25) is 0 Å². The van der Waals surface area contributed by atoms with Gasteiger partial charge < -0.3 is 13.9 Å². The number of carbonyl (C=O) groups excluding carboxylic acids is 1. The molecule has 28 heavy (non-hydrogen) atoms. The van der Waals surface area contributed by atoms with E-state index in [0.717, 1.165) is 73.6 Å². The standard InChI is InChI=1S/C23H27NO4/c1-2-26-23(25)17-10-12-24(13-11-17)16-21-15-18-14-20(8-9-22(18)28-21)27-19-6-4-3-5-7-19/h3-4,6,8-9,14-15,17H,2,5,7,10-13,16H2,1H3. The van der Waals surface area contributed by atoms with E-state index in [0.29, 0.717) is 6.61 Å². The molecule has 5 heteroatoms. The Morgan fingerprint density at radius 2 is 2.11 bits per heavy atom. The largest absolute Gasteiger partial charge is 0.466 e. The van der Waals surface area contributed by atoms with Crippen LogP contribution in [0.4, 0.5) is 0 Å². The van der Waals surface area contributed by atoms with E-state index in [1.54, 1.807) is 0 Å². The molecule has 148 valence electrons. The van der Waals surface area contributed by atoms with Crippen molar-refractivity contribution in [2.75, 3.05) is 19.7 Å². The number of likely N-dealkylation sites (tertiary alicyclic amines) is 1. The summed E-state index contributed by atoms with van der Waals surface area (Å²) in [6.45, 7) is 4.84. The second-order valence-electron chi connectivity index (χ2n) is 7.42. The summed E-state index contributed by atoms with van der Waals surface area (Å²) in [6, 6.07) is 8.06. The lowest BCUT2D eigenvalue weighted by Crippen LogP contribution is -2.36. The smallest absolute Gasteiger partial charge is 0.309 e. The molecule has 1 aliphatic carbocycles. The Morgan fingerprint density at radius 1 is 1.25 bits per heavy atom. The highest BCUT2D eigenvalue weighted by molar-refractivity contribution is 5.79. The van der Waals surface area contributed by atoms with Gasteiger partial charge in [-0.15, -0.1) is 0 Å². The Labute approximate surface area is 165 Å². The first-order chi connectivity index (χ1) is 13.7. The third-order valence-corrected chi connectivity index (χ3v) is 5.35. The number of rotatable bonds is 6. The summed E-state index contributed by atoms with van der Waals surface area (Å²) in [7, 11) is 0. The first-order valence-electron chi connectivity index (χ1n) is 10.2. The quantitative estimate of drug-likeness (QED) is 0.672. The van der Waals surface area contributed by atoms with Gasteiger partial charge in [0.1, 0.15) is 22.9 Å². The van der Waals surface area contributed by atoms with Crippen molar-refractivity contribution in [3.05, 3.63) is 54.0 Å². The highest BCUT2D eigenvalue weighted by atomic mass is 16.5. The van der Waals surface area contributed by atoms with E-state index in [4.69, 9.17) is 13.9 Å². The zero-order valence-corrected chi connectivity index (χ0v) is 16.4. The second kappa shape index (κ2) is 8.65. The average molecular weight is 381 g/mol. The van der Waals surface area contributed by atoms with Crippen molar-refractivity contribution in [1.82, 2.24) is 4.90 Å². The Kier molecular flexibility index (Phi) is 5.81. The third kappa shape index (κ3) is 4.47. The molecule has 0 radical (unpaired) electrons. The van der Waals surface area contributed by atoms with Gasteiger partial charge in [-0.05, 0) is 69.6 Å². The Hall–Kier alpha value is -2.53. The van der Waals surface area contributed by atoms with Crippen molar-refractivity contribution in [3.63, 3.8) is 0 Å². The van der Waals surface area contributed by atoms with Gasteiger partial charge in [-0.3, -0.25) is 9.69 Å². The number of fused-ring (bicyclic) bond motifs is 1. The Balaban J connectivity index is 1.36. The number of hydrogen-bond acceptors (Lipinski definition) is 5. The molecule has 1 aliphatic heterocycles. The van der Waals surface area contributed by atoms with Gasteiger partial charge in [-0.25, -0.2) is 0 Å². The van der Waals surface area contributed by atoms with Crippen LogP contribution >= 0.6 is 0 Å². The second-order valence-corrected chi connectivity index (χ2v) is 7.42. The molecule has 1 aromatic heterocycles. The summed E-state index contributed by atoms with van der Waals surface area (Å²) in [5, 5.41) is 1.06. The summed E-state index contributed by atoms with van der Waals surface area (Å²) in [5.41, 5.74) is 0.876. The molecule has 0 N–H and O–H groups in total. The predicted octanol–water partition coefficient (Wildman–Crippen LogP) is 4.82. The molecule has 4 rings (SSSR count). The van der Waals surface area contributed by atoms with Crippen LogP contribution in [-0.2, 0) is 16.1 Å². The van der Waals surface area contributed by atoms with Gasteiger partial charge in [0.2, 0.25) is 0 Å². The molecular formula is C23H27NO4. The minimum Gasteiger partial charge on any atom is -0.466 e. The van der Waals surface area contributed by atoms with Crippen molar-refractivity contribution < 1.29 is 18.7 Å². The minimum absolute atomic E-state index is 0.0375. The first kappa shape index (κ1) is 18.8. The van der Waals surface area contributed by atoms with Crippen LogP contribution in [0.15, 0.2) is 52.7 Å². The zero-order chi connectivity index (χ0) is 19.3. The summed E-state index contributed by atoms with van der Waals surface area (Å²) >= 11 is 0. The summed E-state index contributed by atoms with van der Waals surface area (Å²) in [5.74, 6) is 2.77. The number of hydrogen-bond donors (Lipinski definition) is 0. The van der Waals surface area contributed by atoms with Gasteiger partial charge in [0.05, 0.1) is 19.1 Å². The summed E-state index contributed by atoms with van der Waals surface area (Å²) in [4.78, 5) is 14.2. The molecule has 0 atom stereocenters. The van der Waals surface area contributed by atoms with Crippen molar-refractivity contribution in [1.29, 1.82) is 0 Å². The maximum atomic E-state index is 11.9. The third-order valence-electron chi connectivity index (χ3n) is 5.35. The molecule has 0 amide bonds. The summed E-state index contributed by atoms with van der Waals surface area (Å²) < 4.78 is 17.1. The number of benzene rings is 1. The van der Waals surface area contributed by atoms with Crippen molar-refractivity contribution in [2.24, 2.45) is 5.92 Å². The Bertz CT molecular complexity index is 887. The normalized spacial score (nSPS) is 18.2. The molecule has 0 unspecified atom stereocenters. The van der Waals surface area contributed by atoms with E-state index >= 15 is 0 Å². The lowest BCUT2D eigenvalue weighted by molar-refractivity contribution is -0.149. The van der Waals surface area contributed by atoms with Crippen molar-refractivity contribution >= 4 is 16.9 Å². The highest BCUT2D eigenvalue weighted by Gasteiger charge is 2.26. The van der Waals surface area contributed by atoms with E-state index in [9.17, 15) is 4.79 Å². The van der Waals surface area contributed by atoms with Crippen LogP contribution in [0, 0.1) is 5.92 Å². The van der Waals surface area contributed by atoms with Crippen molar-refractivity contribution in [2.45, 2.75) is 39.2 Å². The van der Waals surface area contributed by atoms with Crippen LogP contribution in [0.25, 0.3) is 11.0 Å². The van der Waals surface area contributed by atoms with Gasteiger partial charge in [0, 0.05) is 11.8 Å². The number of ether oxygens (including phenoxy) is 2. The van der Waals surface area contributed by atoms with Crippen molar-refractivity contribution in [3.8, 4) is 5.75 Å². The van der Waals surface area contributed by atoms with Crippen LogP contribution in [-0.4, -0.2) is 30.6 Å². The molecule has 5 nitrogen and oxygen atoms in total. The molecule has 1 aromatic carbocycles. The maximum Gasteiger partial charge on any atom is 0.309 e. The van der Waals surface area contributed by atoms with E-state index in [-0.39, 0.29) is 11.9 Å². The monoisotopic (exact) mass is 381 g/mol. The molecule has 1 saturated heterocycles. The van der Waals surface area contributed by atoms with Crippen LogP contribution in [0.3, 0.4) is 0 Å². The number of carbonyl (C=O) groups is 1. The molecule has 0 bridgehead atoms. The fraction of sp³-hybridized carbons (Fsp3) is 0.435. The van der Waals surface area contributed by atoms with E-state index in [2.05, 4.69) is 17.0 Å². The average Bonchev–Trinajstić information content (AvgIpc) is 3.11. The highest BCUT2D eigenvalue weighted by Crippen LogP contribution is 2.28. The number of piperidine rings is 1. The SMILES string of the molecule is CCOC(=O)C1CCN(Cc2cc3cc(OC4=CC=CCC4)ccc3o2)CC1.